The molecule has 1 aliphatic carbocycles. The molecule has 3 nitrogen and oxygen atoms in total. The fraction of sp³-hybridized carbons (Fsp3) is 0.444. The first-order valence-corrected chi connectivity index (χ1v) is 4.17. The zero-order valence-corrected chi connectivity index (χ0v) is 6.86. The number of hydrogen-bond donors (Lipinski definition) is 1. The van der Waals surface area contributed by atoms with E-state index in [4.69, 9.17) is 10.2 Å². The molecule has 1 aromatic heterocycles. The van der Waals surface area contributed by atoms with Crippen LogP contribution in [0.4, 0.5) is 0 Å². The van der Waals surface area contributed by atoms with Crippen molar-refractivity contribution < 1.29 is 4.42 Å². The van der Waals surface area contributed by atoms with Crippen LogP contribution in [0.1, 0.15) is 18.4 Å². The van der Waals surface area contributed by atoms with E-state index >= 15 is 0 Å². The van der Waals surface area contributed by atoms with Gasteiger partial charge in [-0.1, -0.05) is 0 Å². The van der Waals surface area contributed by atoms with Crippen LogP contribution in [0.25, 0.3) is 0 Å². The molecule has 0 atom stereocenters. The highest BCUT2D eigenvalue weighted by molar-refractivity contribution is 5.84. The number of rotatable bonds is 3. The molecule has 0 bridgehead atoms. The molecule has 3 heteroatoms. The summed E-state index contributed by atoms with van der Waals surface area (Å²) in [6.07, 6.45) is 5.77. The van der Waals surface area contributed by atoms with Crippen molar-refractivity contribution in [3.63, 3.8) is 0 Å². The maximum Gasteiger partial charge on any atom is 0.0972 e. The summed E-state index contributed by atoms with van der Waals surface area (Å²) in [6, 6.07) is 1.91. The first kappa shape index (κ1) is 7.40. The summed E-state index contributed by atoms with van der Waals surface area (Å²) in [4.78, 5) is 4.26. The Balaban J connectivity index is 1.91. The summed E-state index contributed by atoms with van der Waals surface area (Å²) in [7, 11) is 0. The Labute approximate surface area is 71.3 Å². The molecule has 0 saturated heterocycles. The topological polar surface area (TPSA) is 51.5 Å². The van der Waals surface area contributed by atoms with Crippen molar-refractivity contribution in [1.29, 1.82) is 0 Å². The Morgan fingerprint density at radius 1 is 1.67 bits per heavy atom. The second kappa shape index (κ2) is 3.01. The van der Waals surface area contributed by atoms with E-state index in [1.807, 2.05) is 6.07 Å². The van der Waals surface area contributed by atoms with Crippen molar-refractivity contribution in [2.24, 2.45) is 16.6 Å². The fourth-order valence-corrected chi connectivity index (χ4v) is 1.07. The van der Waals surface area contributed by atoms with E-state index in [1.165, 1.54) is 12.8 Å². The highest BCUT2D eigenvalue weighted by atomic mass is 16.3. The number of amidine groups is 1. The average molecular weight is 164 g/mol. The van der Waals surface area contributed by atoms with Crippen molar-refractivity contribution in [1.82, 2.24) is 0 Å². The molecule has 0 unspecified atom stereocenters. The van der Waals surface area contributed by atoms with Crippen molar-refractivity contribution >= 4 is 5.84 Å². The molecule has 0 amide bonds. The van der Waals surface area contributed by atoms with E-state index in [0.29, 0.717) is 12.5 Å². The van der Waals surface area contributed by atoms with Crippen molar-refractivity contribution in [3.05, 3.63) is 24.2 Å². The van der Waals surface area contributed by atoms with E-state index < -0.39 is 0 Å². The first-order valence-electron chi connectivity index (χ1n) is 4.17. The van der Waals surface area contributed by atoms with Crippen LogP contribution in [0.5, 0.6) is 0 Å². The summed E-state index contributed by atoms with van der Waals surface area (Å²) in [5.74, 6) is 1.37. The van der Waals surface area contributed by atoms with Crippen molar-refractivity contribution in [3.8, 4) is 0 Å². The van der Waals surface area contributed by atoms with E-state index in [0.717, 1.165) is 11.4 Å². The number of nitrogens with zero attached hydrogens (tertiary/aromatic N) is 1. The van der Waals surface area contributed by atoms with Gasteiger partial charge in [0.25, 0.3) is 0 Å². The molecule has 0 radical (unpaired) electrons. The van der Waals surface area contributed by atoms with E-state index in [2.05, 4.69) is 4.99 Å². The highest BCUT2D eigenvalue weighted by Crippen LogP contribution is 2.28. The molecule has 2 rings (SSSR count). The fourth-order valence-electron chi connectivity index (χ4n) is 1.07. The van der Waals surface area contributed by atoms with Crippen molar-refractivity contribution in [2.75, 3.05) is 0 Å². The Morgan fingerprint density at radius 3 is 3.08 bits per heavy atom. The molecule has 64 valence electrons. The maximum absolute atomic E-state index is 5.71. The van der Waals surface area contributed by atoms with Gasteiger partial charge < -0.3 is 10.2 Å². The lowest BCUT2D eigenvalue weighted by atomic mass is 10.3. The summed E-state index contributed by atoms with van der Waals surface area (Å²) in [5, 5.41) is 0. The van der Waals surface area contributed by atoms with Gasteiger partial charge in [-0.25, -0.2) is 0 Å². The summed E-state index contributed by atoms with van der Waals surface area (Å²) >= 11 is 0. The van der Waals surface area contributed by atoms with Gasteiger partial charge in [-0.2, -0.15) is 0 Å². The van der Waals surface area contributed by atoms with Gasteiger partial charge in [0.2, 0.25) is 0 Å². The molecule has 1 aromatic rings. The quantitative estimate of drug-likeness (QED) is 0.544. The molecule has 1 fully saturated rings. The smallest absolute Gasteiger partial charge is 0.0972 e. The van der Waals surface area contributed by atoms with Crippen LogP contribution < -0.4 is 5.73 Å². The molecule has 0 spiro atoms. The van der Waals surface area contributed by atoms with Gasteiger partial charge in [0, 0.05) is 11.5 Å². The lowest BCUT2D eigenvalue weighted by molar-refractivity contribution is 0.564. The number of furan rings is 1. The number of hydrogen-bond acceptors (Lipinski definition) is 2. The molecule has 12 heavy (non-hydrogen) atoms. The zero-order chi connectivity index (χ0) is 8.39. The molecule has 0 aliphatic heterocycles. The van der Waals surface area contributed by atoms with Crippen LogP contribution in [0.2, 0.25) is 0 Å². The summed E-state index contributed by atoms with van der Waals surface area (Å²) in [6.45, 7) is 0.652. The molecule has 1 heterocycles. The lowest BCUT2D eigenvalue weighted by Crippen LogP contribution is -2.13. The minimum atomic E-state index is 0.567. The summed E-state index contributed by atoms with van der Waals surface area (Å²) < 4.78 is 4.91. The van der Waals surface area contributed by atoms with Gasteiger partial charge in [0.1, 0.15) is 0 Å². The highest BCUT2D eigenvalue weighted by Gasteiger charge is 2.25. The number of aliphatic imine (C=N–C) groups is 1. The second-order valence-electron chi connectivity index (χ2n) is 3.15. The largest absolute Gasteiger partial charge is 0.472 e. The van der Waals surface area contributed by atoms with E-state index in [-0.39, 0.29) is 0 Å². The minimum Gasteiger partial charge on any atom is -0.472 e. The molecule has 1 aliphatic rings. The summed E-state index contributed by atoms with van der Waals surface area (Å²) in [5.41, 5.74) is 6.80. The van der Waals surface area contributed by atoms with Crippen LogP contribution >= 0.6 is 0 Å². The van der Waals surface area contributed by atoms with Gasteiger partial charge in [-0.3, -0.25) is 4.99 Å². The third-order valence-electron chi connectivity index (χ3n) is 2.02. The van der Waals surface area contributed by atoms with Crippen molar-refractivity contribution in [2.45, 2.75) is 19.4 Å². The van der Waals surface area contributed by atoms with Crippen LogP contribution in [0.3, 0.4) is 0 Å². The third kappa shape index (κ3) is 1.67. The molecule has 0 aromatic carbocycles. The second-order valence-corrected chi connectivity index (χ2v) is 3.15. The first-order chi connectivity index (χ1) is 5.86. The number of nitrogens with two attached hydrogens (primary N) is 1. The van der Waals surface area contributed by atoms with Crippen LogP contribution in [-0.2, 0) is 6.54 Å². The molecule has 1 saturated carbocycles. The zero-order valence-electron chi connectivity index (χ0n) is 6.86. The van der Waals surface area contributed by atoms with E-state index in [9.17, 15) is 0 Å². The standard InChI is InChI=1S/C9H12N2O/c10-9(8-1-2-8)11-5-7-3-4-12-6-7/h3-4,6,8H,1-2,5H2,(H2,10,11). The average Bonchev–Trinajstić information content (AvgIpc) is 2.80. The van der Waals surface area contributed by atoms with E-state index in [1.54, 1.807) is 12.5 Å². The third-order valence-corrected chi connectivity index (χ3v) is 2.02. The maximum atomic E-state index is 5.71. The van der Waals surface area contributed by atoms with Crippen LogP contribution in [0.15, 0.2) is 28.0 Å². The predicted octanol–water partition coefficient (Wildman–Crippen LogP) is 1.55. The van der Waals surface area contributed by atoms with Gasteiger partial charge in [0.05, 0.1) is 24.9 Å². The Hall–Kier alpha value is -1.25. The Morgan fingerprint density at radius 2 is 2.50 bits per heavy atom. The van der Waals surface area contributed by atoms with Crippen LogP contribution in [-0.4, -0.2) is 5.84 Å². The normalized spacial score (nSPS) is 18.2. The Kier molecular flexibility index (Phi) is 1.86. The molecular formula is C9H12N2O. The lowest BCUT2D eigenvalue weighted by Gasteiger charge is -1.94. The van der Waals surface area contributed by atoms with Gasteiger partial charge >= 0.3 is 0 Å². The monoisotopic (exact) mass is 164 g/mol. The predicted molar refractivity (Wildman–Crippen MR) is 46.8 cm³/mol. The minimum absolute atomic E-state index is 0.567. The molecular weight excluding hydrogens is 152 g/mol. The molecule has 2 N–H and O–H groups in total. The van der Waals surface area contributed by atoms with Gasteiger partial charge in [-0.15, -0.1) is 0 Å². The Bertz CT molecular complexity index is 273. The van der Waals surface area contributed by atoms with Crippen LogP contribution in [0, 0.1) is 5.92 Å². The van der Waals surface area contributed by atoms with Gasteiger partial charge in [-0.05, 0) is 18.9 Å². The van der Waals surface area contributed by atoms with Gasteiger partial charge in [0.15, 0.2) is 0 Å². The SMILES string of the molecule is NC(=NCc1ccoc1)C1CC1.